The zero-order chi connectivity index (χ0) is 22.2. The average molecular weight is 426 g/mol. The highest BCUT2D eigenvalue weighted by Gasteiger charge is 2.15. The number of amides is 1. The molecule has 2 aromatic carbocycles. The maximum absolute atomic E-state index is 12.8. The Morgan fingerprint density at radius 2 is 1.72 bits per heavy atom. The van der Waals surface area contributed by atoms with Gasteiger partial charge in [-0.05, 0) is 37.3 Å². The number of anilines is 1. The number of rotatable bonds is 5. The second-order valence-electron chi connectivity index (χ2n) is 7.34. The lowest BCUT2D eigenvalue weighted by Crippen LogP contribution is -2.28. The highest BCUT2D eigenvalue weighted by atomic mass is 16.2. The number of nitrogens with zero attached hydrogens (tertiary/aromatic N) is 5. The largest absolute Gasteiger partial charge is 0.350 e. The first-order valence-corrected chi connectivity index (χ1v) is 9.93. The number of Topliss-reactive ketones (excluding diaryl/α,β-unsaturated/α-hetero) is 1. The highest BCUT2D eigenvalue weighted by molar-refractivity contribution is 5.95. The van der Waals surface area contributed by atoms with Gasteiger partial charge in [0, 0.05) is 29.2 Å². The van der Waals surface area contributed by atoms with Crippen LogP contribution >= 0.6 is 0 Å². The van der Waals surface area contributed by atoms with Gasteiger partial charge in [-0.25, -0.2) is 18.4 Å². The summed E-state index contributed by atoms with van der Waals surface area (Å²) in [5, 5.41) is 11.6. The number of aromatic nitrogens is 5. The number of nitrogens with one attached hydrogen (secondary N) is 1. The number of carbonyl (C=O) groups is 2. The van der Waals surface area contributed by atoms with Crippen LogP contribution in [0.4, 0.5) is 5.69 Å². The van der Waals surface area contributed by atoms with Crippen LogP contribution in [0.25, 0.3) is 22.4 Å². The summed E-state index contributed by atoms with van der Waals surface area (Å²) in [6.07, 6.45) is 3.26. The molecule has 0 radical (unpaired) electrons. The summed E-state index contributed by atoms with van der Waals surface area (Å²) >= 11 is 0. The van der Waals surface area contributed by atoms with Gasteiger partial charge in [0.25, 0.3) is 0 Å². The quantitative estimate of drug-likeness (QED) is 0.435. The van der Waals surface area contributed by atoms with Gasteiger partial charge in [-0.3, -0.25) is 9.59 Å². The minimum atomic E-state index is -0.424. The third kappa shape index (κ3) is 3.45. The van der Waals surface area contributed by atoms with Gasteiger partial charge < -0.3 is 5.32 Å². The summed E-state index contributed by atoms with van der Waals surface area (Å²) in [6.45, 7) is 1.23. The minimum Gasteiger partial charge on any atom is -0.324 e. The van der Waals surface area contributed by atoms with Crippen molar-refractivity contribution in [2.45, 2.75) is 13.5 Å². The standard InChI is InChI=1S/C23H18N6O3/c1-15(30)16-7-9-18(10-8-16)24-21(31)14-29-23(32)27-11-12-28-20(22(27)26-29)13-19(25-28)17-5-3-2-4-6-17/h2-13H,14H2,1H3,(H,24,31). The first-order valence-electron chi connectivity index (χ1n) is 9.93. The van der Waals surface area contributed by atoms with Crippen molar-refractivity contribution in [3.05, 3.63) is 89.1 Å². The van der Waals surface area contributed by atoms with E-state index in [0.717, 1.165) is 15.9 Å². The Kier molecular flexibility index (Phi) is 4.63. The molecule has 0 aliphatic carbocycles. The van der Waals surface area contributed by atoms with E-state index in [2.05, 4.69) is 15.5 Å². The molecule has 32 heavy (non-hydrogen) atoms. The van der Waals surface area contributed by atoms with Gasteiger partial charge in [-0.2, -0.15) is 5.10 Å². The van der Waals surface area contributed by atoms with Crippen molar-refractivity contribution in [2.24, 2.45) is 0 Å². The number of ketones is 1. The predicted octanol–water partition coefficient (Wildman–Crippen LogP) is 2.65. The first kappa shape index (κ1) is 19.4. The Hall–Kier alpha value is -4.53. The lowest BCUT2D eigenvalue weighted by molar-refractivity contribution is -0.117. The molecule has 3 aromatic heterocycles. The minimum absolute atomic E-state index is 0.0549. The van der Waals surface area contributed by atoms with Crippen LogP contribution in [0.2, 0.25) is 0 Å². The molecule has 0 aliphatic heterocycles. The molecule has 1 amide bonds. The van der Waals surface area contributed by atoms with Gasteiger partial charge >= 0.3 is 5.69 Å². The van der Waals surface area contributed by atoms with Crippen LogP contribution in [0.3, 0.4) is 0 Å². The molecule has 0 unspecified atom stereocenters. The van der Waals surface area contributed by atoms with Crippen LogP contribution in [0.5, 0.6) is 0 Å². The van der Waals surface area contributed by atoms with Crippen molar-refractivity contribution in [1.82, 2.24) is 23.8 Å². The smallest absolute Gasteiger partial charge is 0.324 e. The third-order valence-electron chi connectivity index (χ3n) is 5.13. The molecule has 0 atom stereocenters. The second kappa shape index (κ2) is 7.62. The lowest BCUT2D eigenvalue weighted by atomic mass is 10.1. The predicted molar refractivity (Wildman–Crippen MR) is 119 cm³/mol. The summed E-state index contributed by atoms with van der Waals surface area (Å²) in [5.74, 6) is -0.457. The molecule has 0 bridgehead atoms. The van der Waals surface area contributed by atoms with E-state index in [0.29, 0.717) is 22.4 Å². The summed E-state index contributed by atoms with van der Waals surface area (Å²) < 4.78 is 4.16. The molecule has 5 aromatic rings. The first-order chi connectivity index (χ1) is 15.5. The number of carbonyl (C=O) groups excluding carboxylic acids is 2. The molecular formula is C23H18N6O3. The zero-order valence-corrected chi connectivity index (χ0v) is 17.1. The van der Waals surface area contributed by atoms with Crippen molar-refractivity contribution in [1.29, 1.82) is 0 Å². The van der Waals surface area contributed by atoms with Crippen molar-refractivity contribution < 1.29 is 9.59 Å². The van der Waals surface area contributed by atoms with Crippen LogP contribution < -0.4 is 11.0 Å². The Morgan fingerprint density at radius 1 is 0.969 bits per heavy atom. The summed E-state index contributed by atoms with van der Waals surface area (Å²) in [4.78, 5) is 36.6. The van der Waals surface area contributed by atoms with Crippen LogP contribution in [-0.4, -0.2) is 35.5 Å². The zero-order valence-electron chi connectivity index (χ0n) is 17.1. The number of hydrogen-bond donors (Lipinski definition) is 1. The Labute approximate surface area is 181 Å². The molecule has 5 rings (SSSR count). The van der Waals surface area contributed by atoms with Gasteiger partial charge in [0.15, 0.2) is 11.4 Å². The van der Waals surface area contributed by atoms with E-state index >= 15 is 0 Å². The maximum atomic E-state index is 12.8. The van der Waals surface area contributed by atoms with E-state index in [4.69, 9.17) is 0 Å². The maximum Gasteiger partial charge on any atom is 0.350 e. The van der Waals surface area contributed by atoms with Gasteiger partial charge in [0.1, 0.15) is 12.1 Å². The Balaban J connectivity index is 1.44. The van der Waals surface area contributed by atoms with E-state index in [9.17, 15) is 14.4 Å². The normalized spacial score (nSPS) is 11.2. The fourth-order valence-corrected chi connectivity index (χ4v) is 3.51. The molecule has 0 aliphatic rings. The van der Waals surface area contributed by atoms with Gasteiger partial charge in [-0.1, -0.05) is 30.3 Å². The van der Waals surface area contributed by atoms with Crippen molar-refractivity contribution in [3.8, 4) is 11.3 Å². The highest BCUT2D eigenvalue weighted by Crippen LogP contribution is 2.21. The van der Waals surface area contributed by atoms with Crippen molar-refractivity contribution >= 4 is 28.5 Å². The fourth-order valence-electron chi connectivity index (χ4n) is 3.51. The monoisotopic (exact) mass is 426 g/mol. The molecule has 0 fully saturated rings. The topological polar surface area (TPSA) is 103 Å². The number of benzene rings is 2. The third-order valence-corrected chi connectivity index (χ3v) is 5.13. The Bertz CT molecular complexity index is 1530. The average Bonchev–Trinajstić information content (AvgIpc) is 3.36. The van der Waals surface area contributed by atoms with Gasteiger partial charge in [0.05, 0.1) is 5.69 Å². The molecule has 0 spiro atoms. The van der Waals surface area contributed by atoms with E-state index in [1.54, 1.807) is 41.2 Å². The van der Waals surface area contributed by atoms with E-state index in [1.807, 2.05) is 36.4 Å². The molecule has 1 N–H and O–H groups in total. The molecule has 0 saturated carbocycles. The fraction of sp³-hybridized carbons (Fsp3) is 0.0870. The summed E-state index contributed by atoms with van der Waals surface area (Å²) in [6, 6.07) is 18.1. The summed E-state index contributed by atoms with van der Waals surface area (Å²) in [5.41, 5.74) is 3.43. The van der Waals surface area contributed by atoms with Crippen molar-refractivity contribution in [2.75, 3.05) is 5.32 Å². The number of hydrogen-bond acceptors (Lipinski definition) is 5. The van der Waals surface area contributed by atoms with Gasteiger partial charge in [-0.15, -0.1) is 5.10 Å². The van der Waals surface area contributed by atoms with E-state index in [-0.39, 0.29) is 12.3 Å². The summed E-state index contributed by atoms with van der Waals surface area (Å²) in [7, 11) is 0. The van der Waals surface area contributed by atoms with Crippen LogP contribution in [0.1, 0.15) is 17.3 Å². The van der Waals surface area contributed by atoms with Crippen molar-refractivity contribution in [3.63, 3.8) is 0 Å². The van der Waals surface area contributed by atoms with Crippen LogP contribution in [0.15, 0.2) is 77.9 Å². The van der Waals surface area contributed by atoms with Crippen LogP contribution in [-0.2, 0) is 11.3 Å². The lowest BCUT2D eigenvalue weighted by Gasteiger charge is -2.05. The van der Waals surface area contributed by atoms with Crippen LogP contribution in [0, 0.1) is 0 Å². The molecular weight excluding hydrogens is 408 g/mol. The van der Waals surface area contributed by atoms with E-state index < -0.39 is 11.6 Å². The molecule has 158 valence electrons. The number of fused-ring (bicyclic) bond motifs is 3. The SMILES string of the molecule is CC(=O)c1ccc(NC(=O)Cn2nc3c4cc(-c5ccccc5)nn4ccn3c2=O)cc1. The molecule has 3 heterocycles. The Morgan fingerprint density at radius 3 is 2.44 bits per heavy atom. The molecule has 9 nitrogen and oxygen atoms in total. The molecule has 0 saturated heterocycles. The molecule has 9 heteroatoms. The van der Waals surface area contributed by atoms with E-state index in [1.165, 1.54) is 11.3 Å². The van der Waals surface area contributed by atoms with Gasteiger partial charge in [0.2, 0.25) is 5.91 Å². The second-order valence-corrected chi connectivity index (χ2v) is 7.34.